The van der Waals surface area contributed by atoms with E-state index in [-0.39, 0.29) is 30.5 Å². The van der Waals surface area contributed by atoms with Crippen LogP contribution >= 0.6 is 0 Å². The first kappa shape index (κ1) is 3.68. The Morgan fingerprint density at radius 3 is 3.00 bits per heavy atom. The van der Waals surface area contributed by atoms with Crippen LogP contribution in [0.4, 0.5) is 0 Å². The van der Waals surface area contributed by atoms with Gasteiger partial charge in [0, 0.05) is 18.4 Å². The first-order valence-corrected chi connectivity index (χ1v) is 3.79. The number of nitrogens with zero attached hydrogens (tertiary/aromatic N) is 1. The summed E-state index contributed by atoms with van der Waals surface area (Å²) in [6.45, 7) is 0.868. The van der Waals surface area contributed by atoms with Gasteiger partial charge in [-0.15, -0.1) is 0 Å². The lowest BCUT2D eigenvalue weighted by atomic mass is 10.1. The maximum Gasteiger partial charge on any atom is 0.0840 e. The van der Waals surface area contributed by atoms with Crippen LogP contribution in [0.15, 0.2) is 24.4 Å². The van der Waals surface area contributed by atoms with Crippen molar-refractivity contribution in [3.05, 3.63) is 30.0 Å². The second kappa shape index (κ2) is 3.01. The van der Waals surface area contributed by atoms with Crippen LogP contribution in [-0.2, 0) is 0 Å². The van der Waals surface area contributed by atoms with Crippen molar-refractivity contribution in [2.75, 3.05) is 6.54 Å². The molecule has 1 N–H and O–H groups in total. The molecule has 2 heteroatoms. The molecule has 11 heavy (non-hydrogen) atoms. The third-order valence-corrected chi connectivity index (χ3v) is 1.90. The Hall–Kier alpha value is -0.890. The van der Waals surface area contributed by atoms with Gasteiger partial charge < -0.3 is 5.32 Å². The summed E-state index contributed by atoms with van der Waals surface area (Å²) >= 11 is 0. The molecular weight excluding hydrogens is 136 g/mol. The van der Waals surface area contributed by atoms with Crippen molar-refractivity contribution >= 4 is 0 Å². The van der Waals surface area contributed by atoms with E-state index in [2.05, 4.69) is 10.3 Å². The summed E-state index contributed by atoms with van der Waals surface area (Å²) in [5.41, 5.74) is 0.456. The third kappa shape index (κ3) is 1.40. The molecule has 1 aromatic rings. The number of pyridine rings is 1. The molecule has 0 bridgehead atoms. The second-order valence-corrected chi connectivity index (χ2v) is 2.65. The molecule has 1 unspecified atom stereocenters. The molecule has 0 spiro atoms. The molecule has 2 heterocycles. The summed E-state index contributed by atoms with van der Waals surface area (Å²) in [4.78, 5) is 3.54. The van der Waals surface area contributed by atoms with Gasteiger partial charge in [-0.2, -0.15) is 0 Å². The SMILES string of the molecule is [2H]c1nc([2H])c([2H])c(C2CCCN2)c1[2H]. The van der Waals surface area contributed by atoms with Gasteiger partial charge in [0.1, 0.15) is 0 Å². The Morgan fingerprint density at radius 2 is 2.36 bits per heavy atom. The first-order chi connectivity index (χ1) is 7.11. The molecular formula is C9H12N2. The molecule has 1 aliphatic rings. The van der Waals surface area contributed by atoms with Gasteiger partial charge >= 0.3 is 0 Å². The minimum atomic E-state index is -0.209. The fraction of sp³-hybridized carbons (Fsp3) is 0.444. The van der Waals surface area contributed by atoms with Crippen molar-refractivity contribution < 1.29 is 5.48 Å². The van der Waals surface area contributed by atoms with Crippen LogP contribution in [0.25, 0.3) is 0 Å². The predicted molar refractivity (Wildman–Crippen MR) is 44.2 cm³/mol. The summed E-state index contributed by atoms with van der Waals surface area (Å²) in [7, 11) is 0. The predicted octanol–water partition coefficient (Wildman–Crippen LogP) is 1.51. The molecule has 1 fully saturated rings. The number of aromatic nitrogens is 1. The summed E-state index contributed by atoms with van der Waals surface area (Å²) < 4.78 is 30.3. The van der Waals surface area contributed by atoms with E-state index in [1.807, 2.05) is 0 Å². The quantitative estimate of drug-likeness (QED) is 0.659. The van der Waals surface area contributed by atoms with Crippen LogP contribution in [0.5, 0.6) is 0 Å². The molecule has 1 aromatic heterocycles. The molecule has 0 saturated carbocycles. The fourth-order valence-corrected chi connectivity index (χ4v) is 1.34. The van der Waals surface area contributed by atoms with Gasteiger partial charge in [0.05, 0.1) is 5.48 Å². The first-order valence-electron chi connectivity index (χ1n) is 5.79. The molecule has 1 atom stereocenters. The van der Waals surface area contributed by atoms with E-state index in [1.54, 1.807) is 0 Å². The van der Waals surface area contributed by atoms with Gasteiger partial charge in [-0.25, -0.2) is 0 Å². The Kier molecular flexibility index (Phi) is 1.01. The van der Waals surface area contributed by atoms with Gasteiger partial charge in [0.15, 0.2) is 0 Å². The molecule has 0 amide bonds. The van der Waals surface area contributed by atoms with E-state index in [9.17, 15) is 0 Å². The van der Waals surface area contributed by atoms with Crippen molar-refractivity contribution in [1.82, 2.24) is 10.3 Å². The maximum absolute atomic E-state index is 7.70. The lowest BCUT2D eigenvalue weighted by Crippen LogP contribution is -2.12. The zero-order valence-electron chi connectivity index (χ0n) is 10.1. The average molecular weight is 152 g/mol. The van der Waals surface area contributed by atoms with Crippen LogP contribution in [0.1, 0.15) is 29.9 Å². The monoisotopic (exact) mass is 152 g/mol. The molecule has 0 radical (unpaired) electrons. The van der Waals surface area contributed by atoms with Crippen LogP contribution in [-0.4, -0.2) is 11.5 Å². The Bertz CT molecular complexity index is 362. The summed E-state index contributed by atoms with van der Waals surface area (Å²) in [5, 5.41) is 3.17. The molecule has 0 aromatic carbocycles. The summed E-state index contributed by atoms with van der Waals surface area (Å²) in [6, 6.07) is -0.0907. The number of rotatable bonds is 1. The molecule has 1 aliphatic heterocycles. The van der Waals surface area contributed by atoms with Gasteiger partial charge in [-0.3, -0.25) is 4.98 Å². The van der Waals surface area contributed by atoms with Crippen molar-refractivity contribution in [1.29, 1.82) is 0 Å². The van der Waals surface area contributed by atoms with Gasteiger partial charge in [-0.1, -0.05) is 0 Å². The van der Waals surface area contributed by atoms with Crippen LogP contribution in [0, 0.1) is 0 Å². The molecule has 58 valence electrons. The zero-order chi connectivity index (χ0) is 11.0. The smallest absolute Gasteiger partial charge is 0.0840 e. The largest absolute Gasteiger partial charge is 0.310 e. The minimum absolute atomic E-state index is 0.0181. The minimum Gasteiger partial charge on any atom is -0.310 e. The van der Waals surface area contributed by atoms with Crippen LogP contribution < -0.4 is 5.32 Å². The average Bonchev–Trinajstić information content (AvgIpc) is 2.69. The number of hydrogen-bond acceptors (Lipinski definition) is 2. The topological polar surface area (TPSA) is 24.9 Å². The van der Waals surface area contributed by atoms with Crippen molar-refractivity contribution in [3.63, 3.8) is 0 Å². The second-order valence-electron chi connectivity index (χ2n) is 2.65. The molecule has 2 rings (SSSR count). The van der Waals surface area contributed by atoms with Crippen molar-refractivity contribution in [2.24, 2.45) is 0 Å². The van der Waals surface area contributed by atoms with Gasteiger partial charge in [-0.05, 0) is 37.0 Å². The highest BCUT2D eigenvalue weighted by Gasteiger charge is 2.14. The maximum atomic E-state index is 7.70. The highest BCUT2D eigenvalue weighted by Crippen LogP contribution is 2.21. The lowest BCUT2D eigenvalue weighted by molar-refractivity contribution is 0.647. The summed E-state index contributed by atoms with van der Waals surface area (Å²) in [6.07, 6.45) is 1.45. The number of nitrogens with one attached hydrogen (secondary N) is 1. The summed E-state index contributed by atoms with van der Waals surface area (Å²) in [5.74, 6) is 0. The van der Waals surface area contributed by atoms with E-state index in [0.717, 1.165) is 19.4 Å². The molecule has 0 aliphatic carbocycles. The van der Waals surface area contributed by atoms with E-state index in [1.165, 1.54) is 0 Å². The standard InChI is InChI=1S/C9H12N2/c1-2-9(11-5-1)8-3-6-10-7-4-8/h3-4,6-7,9,11H,1-2,5H2/i3D,4D,6D,7D. The zero-order valence-corrected chi connectivity index (χ0v) is 6.15. The molecule has 2 nitrogen and oxygen atoms in total. The van der Waals surface area contributed by atoms with E-state index < -0.39 is 0 Å². The highest BCUT2D eigenvalue weighted by atomic mass is 14.9. The Morgan fingerprint density at radius 1 is 1.55 bits per heavy atom. The van der Waals surface area contributed by atoms with Crippen molar-refractivity contribution in [3.8, 4) is 0 Å². The van der Waals surface area contributed by atoms with E-state index in [0.29, 0.717) is 5.56 Å². The Balaban J connectivity index is 2.52. The van der Waals surface area contributed by atoms with Crippen LogP contribution in [0.3, 0.4) is 0 Å². The fourth-order valence-electron chi connectivity index (χ4n) is 1.34. The van der Waals surface area contributed by atoms with E-state index in [4.69, 9.17) is 5.48 Å². The number of hydrogen-bond donors (Lipinski definition) is 1. The lowest BCUT2D eigenvalue weighted by Gasteiger charge is -2.08. The van der Waals surface area contributed by atoms with Gasteiger partial charge in [0.2, 0.25) is 0 Å². The van der Waals surface area contributed by atoms with Crippen LogP contribution in [0.2, 0.25) is 0 Å². The normalized spacial score (nSPS) is 28.9. The Labute approximate surface area is 72.3 Å². The highest BCUT2D eigenvalue weighted by molar-refractivity contribution is 5.15. The third-order valence-electron chi connectivity index (χ3n) is 1.90. The van der Waals surface area contributed by atoms with Gasteiger partial charge in [0.25, 0.3) is 0 Å². The molecule has 1 saturated heterocycles. The van der Waals surface area contributed by atoms with Crippen molar-refractivity contribution in [2.45, 2.75) is 18.9 Å². The van der Waals surface area contributed by atoms with E-state index >= 15 is 0 Å².